The largest absolute Gasteiger partial charge is 0.504 e. The molecular weight excluding hydrogens is 364 g/mol. The number of piperazine rings is 1. The van der Waals surface area contributed by atoms with Crippen LogP contribution in [0.1, 0.15) is 23.3 Å². The highest BCUT2D eigenvalue weighted by molar-refractivity contribution is 5.45. The van der Waals surface area contributed by atoms with Crippen LogP contribution in [0.4, 0.5) is 0 Å². The number of ether oxygens (including phenoxy) is 2. The number of aliphatic hydroxyl groups excluding tert-OH is 2. The molecule has 28 heavy (non-hydrogen) atoms. The van der Waals surface area contributed by atoms with Crippen LogP contribution < -0.4 is 20.1 Å². The lowest BCUT2D eigenvalue weighted by molar-refractivity contribution is 0.0169. The van der Waals surface area contributed by atoms with Gasteiger partial charge in [-0.2, -0.15) is 0 Å². The monoisotopic (exact) mass is 392 g/mol. The van der Waals surface area contributed by atoms with Gasteiger partial charge in [0.2, 0.25) is 0 Å². The van der Waals surface area contributed by atoms with Crippen molar-refractivity contribution in [3.63, 3.8) is 0 Å². The molecule has 2 aromatic carbocycles. The summed E-state index contributed by atoms with van der Waals surface area (Å²) in [5.41, 5.74) is 0.767. The Labute approximate surface area is 164 Å². The fourth-order valence-electron chi connectivity index (χ4n) is 2.72. The van der Waals surface area contributed by atoms with E-state index in [9.17, 15) is 20.4 Å². The Hall–Kier alpha value is -2.52. The summed E-state index contributed by atoms with van der Waals surface area (Å²) in [6, 6.07) is 8.62. The molecule has 1 aliphatic rings. The van der Waals surface area contributed by atoms with Gasteiger partial charge >= 0.3 is 0 Å². The first-order chi connectivity index (χ1) is 13.5. The summed E-state index contributed by atoms with van der Waals surface area (Å²) in [4.78, 5) is 0. The maximum Gasteiger partial charge on any atom is 0.160 e. The molecule has 0 aromatic heterocycles. The number of rotatable bonds is 5. The van der Waals surface area contributed by atoms with E-state index in [4.69, 9.17) is 9.47 Å². The maximum absolute atomic E-state index is 10.3. The molecule has 0 aliphatic carbocycles. The predicted octanol–water partition coefficient (Wildman–Crippen LogP) is 1.06. The highest BCUT2D eigenvalue weighted by Gasteiger charge is 2.22. The molecule has 1 saturated heterocycles. The lowest BCUT2D eigenvalue weighted by Crippen LogP contribution is -2.39. The second kappa shape index (κ2) is 10.7. The third kappa shape index (κ3) is 5.74. The van der Waals surface area contributed by atoms with Gasteiger partial charge in [0.1, 0.15) is 12.2 Å². The van der Waals surface area contributed by atoms with Crippen LogP contribution in [0.25, 0.3) is 0 Å². The highest BCUT2D eigenvalue weighted by Crippen LogP contribution is 2.36. The van der Waals surface area contributed by atoms with Crippen LogP contribution in [0, 0.1) is 0 Å². The SMILES string of the molecule is C1CNCCN1.COc1cc(C(O)C(O)c2ccc(O)c(OC)c2)ccc1O. The van der Waals surface area contributed by atoms with Gasteiger partial charge < -0.3 is 40.5 Å². The number of methoxy groups -OCH3 is 2. The summed E-state index contributed by atoms with van der Waals surface area (Å²) in [5, 5.41) is 46.2. The Morgan fingerprint density at radius 1 is 0.714 bits per heavy atom. The Bertz CT molecular complexity index is 682. The molecule has 154 valence electrons. The van der Waals surface area contributed by atoms with Crippen LogP contribution in [-0.2, 0) is 0 Å². The molecule has 1 heterocycles. The summed E-state index contributed by atoms with van der Waals surface area (Å²) in [7, 11) is 2.79. The van der Waals surface area contributed by atoms with Crippen molar-refractivity contribution in [3.05, 3.63) is 47.5 Å². The summed E-state index contributed by atoms with van der Waals surface area (Å²) in [6.07, 6.45) is -2.47. The summed E-state index contributed by atoms with van der Waals surface area (Å²) < 4.78 is 9.96. The van der Waals surface area contributed by atoms with E-state index in [0.717, 1.165) is 26.2 Å². The number of aromatic hydroxyl groups is 2. The van der Waals surface area contributed by atoms with E-state index >= 15 is 0 Å². The smallest absolute Gasteiger partial charge is 0.160 e. The van der Waals surface area contributed by atoms with Crippen molar-refractivity contribution in [1.29, 1.82) is 0 Å². The minimum absolute atomic E-state index is 0.0563. The van der Waals surface area contributed by atoms with Gasteiger partial charge in [-0.25, -0.2) is 0 Å². The minimum atomic E-state index is -1.23. The average molecular weight is 392 g/mol. The first kappa shape index (κ1) is 21.8. The molecule has 0 radical (unpaired) electrons. The van der Waals surface area contributed by atoms with E-state index in [2.05, 4.69) is 10.6 Å². The second-order valence-electron chi connectivity index (χ2n) is 6.25. The van der Waals surface area contributed by atoms with Crippen LogP contribution in [-0.4, -0.2) is 60.8 Å². The zero-order valence-electron chi connectivity index (χ0n) is 16.1. The van der Waals surface area contributed by atoms with Crippen LogP contribution >= 0.6 is 0 Å². The van der Waals surface area contributed by atoms with Gasteiger partial charge in [0.05, 0.1) is 14.2 Å². The molecule has 0 spiro atoms. The van der Waals surface area contributed by atoms with Crippen molar-refractivity contribution < 1.29 is 29.9 Å². The van der Waals surface area contributed by atoms with Gasteiger partial charge in [0.15, 0.2) is 23.0 Å². The maximum atomic E-state index is 10.3. The van der Waals surface area contributed by atoms with Crippen LogP contribution in [0.3, 0.4) is 0 Å². The summed E-state index contributed by atoms with van der Waals surface area (Å²) >= 11 is 0. The highest BCUT2D eigenvalue weighted by atomic mass is 16.5. The Morgan fingerprint density at radius 2 is 1.07 bits per heavy atom. The van der Waals surface area contributed by atoms with Crippen molar-refractivity contribution in [2.75, 3.05) is 40.4 Å². The molecule has 1 fully saturated rings. The fourth-order valence-corrected chi connectivity index (χ4v) is 2.72. The third-order valence-corrected chi connectivity index (χ3v) is 4.35. The van der Waals surface area contributed by atoms with E-state index in [1.54, 1.807) is 0 Å². The van der Waals surface area contributed by atoms with Crippen LogP contribution in [0.2, 0.25) is 0 Å². The molecule has 8 nitrogen and oxygen atoms in total. The summed E-state index contributed by atoms with van der Waals surface area (Å²) in [6.45, 7) is 4.56. The van der Waals surface area contributed by atoms with Crippen LogP contribution in [0.15, 0.2) is 36.4 Å². The zero-order chi connectivity index (χ0) is 20.5. The molecule has 8 heteroatoms. The van der Waals surface area contributed by atoms with E-state index in [1.807, 2.05) is 0 Å². The Balaban J connectivity index is 0.000000397. The Kier molecular flexibility index (Phi) is 8.34. The number of hydrogen-bond acceptors (Lipinski definition) is 8. The molecule has 2 atom stereocenters. The molecular formula is C20H28N2O6. The number of benzene rings is 2. The molecule has 0 amide bonds. The topological polar surface area (TPSA) is 123 Å². The van der Waals surface area contributed by atoms with Crippen molar-refractivity contribution >= 4 is 0 Å². The van der Waals surface area contributed by atoms with Gasteiger partial charge in [-0.15, -0.1) is 0 Å². The number of hydrogen-bond donors (Lipinski definition) is 6. The van der Waals surface area contributed by atoms with E-state index in [1.165, 1.54) is 50.6 Å². The van der Waals surface area contributed by atoms with Crippen molar-refractivity contribution in [2.24, 2.45) is 0 Å². The molecule has 1 aliphatic heterocycles. The van der Waals surface area contributed by atoms with E-state index < -0.39 is 12.2 Å². The number of phenols is 2. The van der Waals surface area contributed by atoms with Gasteiger partial charge in [-0.05, 0) is 35.4 Å². The number of nitrogens with one attached hydrogen (secondary N) is 2. The average Bonchev–Trinajstić information content (AvgIpc) is 2.75. The lowest BCUT2D eigenvalue weighted by Gasteiger charge is -2.20. The number of phenolic OH excluding ortho intramolecular Hbond substituents is 2. The van der Waals surface area contributed by atoms with Gasteiger partial charge in [0.25, 0.3) is 0 Å². The second-order valence-corrected chi connectivity index (χ2v) is 6.25. The van der Waals surface area contributed by atoms with Gasteiger partial charge in [-0.3, -0.25) is 0 Å². The minimum Gasteiger partial charge on any atom is -0.504 e. The van der Waals surface area contributed by atoms with Crippen LogP contribution in [0.5, 0.6) is 23.0 Å². The molecule has 2 unspecified atom stereocenters. The van der Waals surface area contributed by atoms with Gasteiger partial charge in [-0.1, -0.05) is 12.1 Å². The lowest BCUT2D eigenvalue weighted by atomic mass is 9.97. The van der Waals surface area contributed by atoms with Crippen molar-refractivity contribution in [1.82, 2.24) is 10.6 Å². The Morgan fingerprint density at radius 3 is 1.36 bits per heavy atom. The normalized spacial score (nSPS) is 15.7. The quantitative estimate of drug-likeness (QED) is 0.447. The third-order valence-electron chi connectivity index (χ3n) is 4.35. The molecule has 6 N–H and O–H groups in total. The van der Waals surface area contributed by atoms with E-state index in [-0.39, 0.29) is 23.0 Å². The molecule has 2 aromatic rings. The van der Waals surface area contributed by atoms with E-state index in [0.29, 0.717) is 11.1 Å². The fraction of sp³-hybridized carbons (Fsp3) is 0.400. The van der Waals surface area contributed by atoms with Crippen molar-refractivity contribution in [3.8, 4) is 23.0 Å². The molecule has 3 rings (SSSR count). The first-order valence-corrected chi connectivity index (χ1v) is 8.99. The molecule has 0 bridgehead atoms. The standard InChI is InChI=1S/C16H18O6.C4H10N2/c1-21-13-7-9(3-5-11(13)17)15(19)16(20)10-4-6-12(18)14(8-10)22-2;1-2-6-4-3-5-1/h3-8,15-20H,1-2H3;5-6H,1-4H2. The predicted molar refractivity (Wildman–Crippen MR) is 105 cm³/mol. The number of aliphatic hydroxyl groups is 2. The zero-order valence-corrected chi connectivity index (χ0v) is 16.1. The van der Waals surface area contributed by atoms with Gasteiger partial charge in [0, 0.05) is 26.2 Å². The molecule has 0 saturated carbocycles. The summed E-state index contributed by atoms with van der Waals surface area (Å²) in [5.74, 6) is 0.289. The first-order valence-electron chi connectivity index (χ1n) is 8.99. The van der Waals surface area contributed by atoms with Crippen molar-refractivity contribution in [2.45, 2.75) is 12.2 Å².